The molecule has 7 rings (SSSR count). The van der Waals surface area contributed by atoms with Gasteiger partial charge in [0.25, 0.3) is 0 Å². The molecular weight excluding hydrogens is 883 g/mol. The summed E-state index contributed by atoms with van der Waals surface area (Å²) in [5, 5.41) is 0. The Morgan fingerprint density at radius 1 is 0.564 bits per heavy atom. The van der Waals surface area contributed by atoms with Crippen molar-refractivity contribution >= 4 is 38.5 Å². The van der Waals surface area contributed by atoms with Gasteiger partial charge in [0.15, 0.2) is 0 Å². The molecule has 0 saturated heterocycles. The predicted molar refractivity (Wildman–Crippen MR) is 229 cm³/mol. The molecule has 4 aromatic carbocycles. The van der Waals surface area contributed by atoms with E-state index >= 15 is 0 Å². The van der Waals surface area contributed by atoms with Gasteiger partial charge in [-0.1, -0.05) is 103 Å². The first-order chi connectivity index (χ1) is 25.2. The third kappa shape index (κ3) is 17.6. The molecule has 3 aliphatic carbocycles. The third-order valence-corrected chi connectivity index (χ3v) is 11.2. The SMILES string of the molecule is CC1=C(C)CC(c2cccc(F)c2)=C1.CC1CC(c2cccc(F)c2)CC1C.CC1CC(c2cccc(F)c2)CC1C.Fc1cccc(Br)c1.[CH3-].[CH3-].[Cl][Zr+2][Cl]. The van der Waals surface area contributed by atoms with Crippen molar-refractivity contribution in [2.45, 2.75) is 85.5 Å². The molecule has 0 aliphatic heterocycles. The number of rotatable bonds is 3. The van der Waals surface area contributed by atoms with Crippen molar-refractivity contribution in [1.82, 2.24) is 0 Å². The fourth-order valence-corrected chi connectivity index (χ4v) is 7.55. The van der Waals surface area contributed by atoms with Gasteiger partial charge in [-0.3, -0.25) is 0 Å². The van der Waals surface area contributed by atoms with E-state index in [0.717, 1.165) is 40.1 Å². The van der Waals surface area contributed by atoms with E-state index in [1.54, 1.807) is 36.4 Å². The molecule has 0 radical (unpaired) electrons. The molecule has 0 N–H and O–H groups in total. The van der Waals surface area contributed by atoms with Gasteiger partial charge in [0, 0.05) is 4.47 Å². The van der Waals surface area contributed by atoms with E-state index < -0.39 is 20.8 Å². The zero-order valence-corrected chi connectivity index (χ0v) is 39.0. The molecule has 0 nitrogen and oxygen atoms in total. The molecular formula is C47H57BrCl2F4Zr. The van der Waals surface area contributed by atoms with Crippen LogP contribution < -0.4 is 0 Å². The zero-order valence-electron chi connectivity index (χ0n) is 33.5. The van der Waals surface area contributed by atoms with Crippen LogP contribution in [0.5, 0.6) is 0 Å². The summed E-state index contributed by atoms with van der Waals surface area (Å²) < 4.78 is 51.9. The third-order valence-electron chi connectivity index (χ3n) is 10.7. The summed E-state index contributed by atoms with van der Waals surface area (Å²) >= 11 is 2.30. The Kier molecular flexibility index (Phi) is 24.2. The summed E-state index contributed by atoms with van der Waals surface area (Å²) in [6.45, 7) is 13.4. The minimum absolute atomic E-state index is 0. The van der Waals surface area contributed by atoms with Gasteiger partial charge in [-0.05, 0) is 158 Å². The second-order valence-electron chi connectivity index (χ2n) is 14.7. The molecule has 0 spiro atoms. The number of hydrogen-bond acceptors (Lipinski definition) is 0. The van der Waals surface area contributed by atoms with Gasteiger partial charge in [-0.25, -0.2) is 17.6 Å². The number of benzene rings is 4. The summed E-state index contributed by atoms with van der Waals surface area (Å²) in [5.41, 5.74) is 7.27. The second kappa shape index (κ2) is 26.1. The first-order valence-electron chi connectivity index (χ1n) is 18.2. The predicted octanol–water partition coefficient (Wildman–Crippen LogP) is 16.8. The molecule has 0 bridgehead atoms. The maximum atomic E-state index is 13.0. The molecule has 4 atom stereocenters. The molecule has 0 aromatic heterocycles. The summed E-state index contributed by atoms with van der Waals surface area (Å²) in [7, 11) is 9.87. The molecule has 0 heterocycles. The summed E-state index contributed by atoms with van der Waals surface area (Å²) in [6.07, 6.45) is 7.95. The molecule has 4 aromatic rings. The van der Waals surface area contributed by atoms with Crippen LogP contribution in [0, 0.1) is 61.8 Å². The Balaban J connectivity index is 0.000000359. The van der Waals surface area contributed by atoms with Crippen LogP contribution in [0.3, 0.4) is 0 Å². The Bertz CT molecular complexity index is 1690. The summed E-state index contributed by atoms with van der Waals surface area (Å²) in [5.74, 6) is 3.71. The van der Waals surface area contributed by atoms with E-state index in [9.17, 15) is 17.6 Å². The zero-order chi connectivity index (χ0) is 39.1. The van der Waals surface area contributed by atoms with Crippen molar-refractivity contribution in [2.75, 3.05) is 0 Å². The van der Waals surface area contributed by atoms with Crippen LogP contribution in [0.4, 0.5) is 17.6 Å². The van der Waals surface area contributed by atoms with E-state index in [2.05, 4.69) is 75.7 Å². The molecule has 55 heavy (non-hydrogen) atoms. The van der Waals surface area contributed by atoms with Crippen LogP contribution in [0.25, 0.3) is 5.57 Å². The molecule has 3 aliphatic rings. The fourth-order valence-electron chi connectivity index (χ4n) is 7.18. The van der Waals surface area contributed by atoms with Gasteiger partial charge in [-0.15, -0.1) is 0 Å². The molecule has 2 saturated carbocycles. The first-order valence-corrected chi connectivity index (χ1v) is 25.3. The molecule has 8 heteroatoms. The normalized spacial score (nSPS) is 21.9. The molecule has 2 fully saturated rings. The van der Waals surface area contributed by atoms with Gasteiger partial charge in [0.2, 0.25) is 0 Å². The number of hydrogen-bond donors (Lipinski definition) is 0. The minimum atomic E-state index is -0.826. The Morgan fingerprint density at radius 3 is 1.24 bits per heavy atom. The number of allylic oxidation sites excluding steroid dienone is 4. The van der Waals surface area contributed by atoms with Crippen molar-refractivity contribution in [1.29, 1.82) is 0 Å². The molecule has 298 valence electrons. The number of halogens is 7. The van der Waals surface area contributed by atoms with Gasteiger partial charge in [-0.2, -0.15) is 0 Å². The fraction of sp³-hybridized carbons (Fsp3) is 0.362. The van der Waals surface area contributed by atoms with Crippen LogP contribution >= 0.6 is 33.0 Å². The maximum absolute atomic E-state index is 13.0. The van der Waals surface area contributed by atoms with Crippen molar-refractivity contribution in [3.63, 3.8) is 0 Å². The Hall–Kier alpha value is -1.98. The van der Waals surface area contributed by atoms with Crippen LogP contribution in [-0.4, -0.2) is 0 Å². The van der Waals surface area contributed by atoms with Crippen molar-refractivity contribution in [2.24, 2.45) is 23.7 Å². The van der Waals surface area contributed by atoms with Crippen molar-refractivity contribution < 1.29 is 38.4 Å². The van der Waals surface area contributed by atoms with Crippen molar-refractivity contribution in [3.05, 3.63) is 174 Å². The van der Waals surface area contributed by atoms with Crippen LogP contribution in [0.1, 0.15) is 102 Å². The van der Waals surface area contributed by atoms with Gasteiger partial charge in [0.1, 0.15) is 23.3 Å². The monoisotopic (exact) mass is 936 g/mol. The average molecular weight is 940 g/mol. The molecule has 4 unspecified atom stereocenters. The van der Waals surface area contributed by atoms with Gasteiger partial charge >= 0.3 is 37.9 Å². The summed E-state index contributed by atoms with van der Waals surface area (Å²) in [4.78, 5) is 0. The second-order valence-corrected chi connectivity index (χ2v) is 19.3. The topological polar surface area (TPSA) is 0 Å². The van der Waals surface area contributed by atoms with E-state index in [1.807, 2.05) is 18.2 Å². The molecule has 0 amide bonds. The van der Waals surface area contributed by atoms with E-state index in [4.69, 9.17) is 17.0 Å². The van der Waals surface area contributed by atoms with E-state index in [-0.39, 0.29) is 38.1 Å². The average Bonchev–Trinajstić information content (AvgIpc) is 3.76. The Morgan fingerprint density at radius 2 is 0.927 bits per heavy atom. The standard InChI is InChI=1S/2C13H17F.C13H13F.C6H4BrF.2CH3.2ClH.Zr/c3*1-9-6-12(7-10(9)2)11-4-3-5-13(14)8-11;7-5-2-1-3-6(8)4-5;;;;;/h2*3-5,8-10,12H,6-7H2,1-2H3;3-6,8H,7H2,1-2H3;1-4H;2*1H3;2*1H;/q;;;;2*-1;;;+4/p-2. The van der Waals surface area contributed by atoms with Gasteiger partial charge < -0.3 is 14.9 Å². The van der Waals surface area contributed by atoms with E-state index in [1.165, 1.54) is 83.9 Å². The van der Waals surface area contributed by atoms with Crippen LogP contribution in [-0.2, 0) is 20.8 Å². The van der Waals surface area contributed by atoms with Crippen LogP contribution in [0.2, 0.25) is 0 Å². The summed E-state index contributed by atoms with van der Waals surface area (Å²) in [6, 6.07) is 27.2. The quantitative estimate of drug-likeness (QED) is 0.142. The van der Waals surface area contributed by atoms with Crippen LogP contribution in [0.15, 0.2) is 119 Å². The first kappa shape index (κ1) is 51.0. The van der Waals surface area contributed by atoms with Crippen molar-refractivity contribution in [3.8, 4) is 0 Å². The van der Waals surface area contributed by atoms with E-state index in [0.29, 0.717) is 11.8 Å². The van der Waals surface area contributed by atoms with Gasteiger partial charge in [0.05, 0.1) is 0 Å². The Labute approximate surface area is 357 Å².